The minimum absolute atomic E-state index is 0.817. The Morgan fingerprint density at radius 1 is 0.472 bits per heavy atom. The molecule has 1 aliphatic carbocycles. The van der Waals surface area contributed by atoms with Crippen LogP contribution in [0.2, 0.25) is 0 Å². The summed E-state index contributed by atoms with van der Waals surface area (Å²) in [6.07, 6.45) is 6.76. The van der Waals surface area contributed by atoms with Crippen molar-refractivity contribution in [2.24, 2.45) is 0 Å². The predicted octanol–water partition coefficient (Wildman–Crippen LogP) is 9.10. The number of rotatable bonds is 5. The summed E-state index contributed by atoms with van der Waals surface area (Å²) < 4.78 is 0. The van der Waals surface area contributed by atoms with Gasteiger partial charge in [-0.1, -0.05) is 121 Å². The van der Waals surface area contributed by atoms with Crippen LogP contribution in [0.15, 0.2) is 133 Å². The topological polar surface area (TPSA) is 3.24 Å². The van der Waals surface area contributed by atoms with Crippen LogP contribution in [0.5, 0.6) is 0 Å². The molecule has 0 saturated carbocycles. The summed E-state index contributed by atoms with van der Waals surface area (Å²) in [5.74, 6) is 0. The molecule has 1 nitrogen and oxygen atoms in total. The van der Waals surface area contributed by atoms with Gasteiger partial charge in [0.1, 0.15) is 0 Å². The van der Waals surface area contributed by atoms with Crippen LogP contribution in [0.4, 0.5) is 11.4 Å². The monoisotopic (exact) mass is 461 g/mol. The van der Waals surface area contributed by atoms with Gasteiger partial charge in [0.15, 0.2) is 0 Å². The third kappa shape index (κ3) is 4.52. The lowest BCUT2D eigenvalue weighted by atomic mass is 9.92. The Morgan fingerprint density at radius 2 is 0.972 bits per heavy atom. The highest BCUT2D eigenvalue weighted by Gasteiger charge is 2.15. The number of para-hydroxylation sites is 1. The van der Waals surface area contributed by atoms with Crippen LogP contribution < -0.4 is 4.90 Å². The average molecular weight is 462 g/mol. The highest BCUT2D eigenvalue weighted by molar-refractivity contribution is 6.00. The van der Waals surface area contributed by atoms with Crippen LogP contribution in [-0.2, 0) is 6.54 Å². The fraction of sp³-hybridized carbons (Fsp3) is 0.0286. The molecule has 0 radical (unpaired) electrons. The van der Waals surface area contributed by atoms with Gasteiger partial charge in [-0.2, -0.15) is 0 Å². The number of fused-ring (bicyclic) bond motifs is 2. The molecular formula is C35H27N. The van der Waals surface area contributed by atoms with Gasteiger partial charge in [-0.25, -0.2) is 0 Å². The maximum atomic E-state index is 2.37. The summed E-state index contributed by atoms with van der Waals surface area (Å²) in [6, 6.07) is 47.5. The highest BCUT2D eigenvalue weighted by atomic mass is 15.1. The third-order valence-electron chi connectivity index (χ3n) is 6.71. The summed E-state index contributed by atoms with van der Waals surface area (Å²) in [7, 11) is 0. The van der Waals surface area contributed by atoms with E-state index in [1.165, 1.54) is 50.3 Å². The molecule has 36 heavy (non-hydrogen) atoms. The molecule has 0 saturated heterocycles. The molecule has 0 aliphatic heterocycles. The number of hydrogen-bond acceptors (Lipinski definition) is 1. The molecule has 172 valence electrons. The summed E-state index contributed by atoms with van der Waals surface area (Å²) in [6.45, 7) is 0.817. The number of hydrogen-bond donors (Lipinski definition) is 0. The van der Waals surface area contributed by atoms with E-state index in [2.05, 4.69) is 157 Å². The molecule has 1 heteroatoms. The van der Waals surface area contributed by atoms with Crippen molar-refractivity contribution in [2.75, 3.05) is 4.90 Å². The van der Waals surface area contributed by atoms with E-state index < -0.39 is 0 Å². The first kappa shape index (κ1) is 21.9. The second kappa shape index (κ2) is 9.93. The molecule has 0 spiro atoms. The van der Waals surface area contributed by atoms with Crippen LogP contribution in [0.3, 0.4) is 0 Å². The van der Waals surface area contributed by atoms with Gasteiger partial charge in [0.05, 0.1) is 0 Å². The van der Waals surface area contributed by atoms with Gasteiger partial charge in [0.2, 0.25) is 0 Å². The number of nitrogens with zero attached hydrogens (tertiary/aromatic N) is 1. The molecule has 0 fully saturated rings. The van der Waals surface area contributed by atoms with E-state index in [0.29, 0.717) is 0 Å². The first-order valence-electron chi connectivity index (χ1n) is 12.4. The van der Waals surface area contributed by atoms with Crippen molar-refractivity contribution in [3.8, 4) is 0 Å². The minimum Gasteiger partial charge on any atom is -0.337 e. The second-order valence-corrected chi connectivity index (χ2v) is 9.06. The maximum Gasteiger partial charge on any atom is 0.0481 e. The van der Waals surface area contributed by atoms with Crippen molar-refractivity contribution in [3.63, 3.8) is 0 Å². The molecule has 0 heterocycles. The van der Waals surface area contributed by atoms with Crippen LogP contribution in [0, 0.1) is 0 Å². The van der Waals surface area contributed by atoms with E-state index in [4.69, 9.17) is 0 Å². The zero-order valence-corrected chi connectivity index (χ0v) is 20.1. The second-order valence-electron chi connectivity index (χ2n) is 9.06. The zero-order chi connectivity index (χ0) is 24.2. The standard InChI is InChI=1S/C35H27N/c1-3-11-28(12-4-1)26-36(31-15-5-2-6-16-31)32-23-19-27(20-24-32)25-35-33-17-9-7-13-29(33)21-22-30-14-8-10-18-34(30)35/h1-25H,26H2. The minimum atomic E-state index is 0.817. The largest absolute Gasteiger partial charge is 0.337 e. The van der Waals surface area contributed by atoms with E-state index in [1.807, 2.05) is 0 Å². The van der Waals surface area contributed by atoms with E-state index in [9.17, 15) is 0 Å². The van der Waals surface area contributed by atoms with Gasteiger partial charge in [-0.3, -0.25) is 0 Å². The quantitative estimate of drug-likeness (QED) is 0.247. The molecule has 1 aliphatic rings. The number of benzene rings is 5. The molecule has 5 aromatic rings. The smallest absolute Gasteiger partial charge is 0.0481 e. The molecule has 0 unspecified atom stereocenters. The van der Waals surface area contributed by atoms with Gasteiger partial charge >= 0.3 is 0 Å². The number of anilines is 2. The van der Waals surface area contributed by atoms with Crippen molar-refractivity contribution in [2.45, 2.75) is 6.54 Å². The van der Waals surface area contributed by atoms with E-state index in [0.717, 1.165) is 6.54 Å². The third-order valence-corrected chi connectivity index (χ3v) is 6.71. The molecule has 0 atom stereocenters. The first-order valence-corrected chi connectivity index (χ1v) is 12.4. The predicted molar refractivity (Wildman–Crippen MR) is 154 cm³/mol. The van der Waals surface area contributed by atoms with E-state index >= 15 is 0 Å². The van der Waals surface area contributed by atoms with Crippen molar-refractivity contribution in [3.05, 3.63) is 167 Å². The summed E-state index contributed by atoms with van der Waals surface area (Å²) in [5.41, 5.74) is 11.1. The maximum absolute atomic E-state index is 2.37. The SMILES string of the molecule is C1=Cc2ccccc2C(=Cc2ccc(N(Cc3ccccc3)c3ccccc3)cc2)c2ccccc21. The fourth-order valence-corrected chi connectivity index (χ4v) is 4.88. The lowest BCUT2D eigenvalue weighted by Gasteiger charge is -2.25. The molecule has 0 aromatic heterocycles. The van der Waals surface area contributed by atoms with Gasteiger partial charge in [0, 0.05) is 17.9 Å². The Hall–Kier alpha value is -4.62. The fourth-order valence-electron chi connectivity index (χ4n) is 4.88. The molecule has 0 bridgehead atoms. The van der Waals surface area contributed by atoms with Crippen molar-refractivity contribution < 1.29 is 0 Å². The lowest BCUT2D eigenvalue weighted by Crippen LogP contribution is -2.16. The molecule has 0 N–H and O–H groups in total. The van der Waals surface area contributed by atoms with Gasteiger partial charge in [-0.05, 0) is 69.3 Å². The Morgan fingerprint density at radius 3 is 1.58 bits per heavy atom. The lowest BCUT2D eigenvalue weighted by molar-refractivity contribution is 0.975. The Bertz CT molecular complexity index is 1480. The van der Waals surface area contributed by atoms with Gasteiger partial charge < -0.3 is 4.90 Å². The van der Waals surface area contributed by atoms with Crippen molar-refractivity contribution >= 4 is 35.2 Å². The average Bonchev–Trinajstić information content (AvgIpc) is 3.10. The van der Waals surface area contributed by atoms with E-state index in [-0.39, 0.29) is 0 Å². The van der Waals surface area contributed by atoms with Gasteiger partial charge in [0.25, 0.3) is 0 Å². The van der Waals surface area contributed by atoms with Crippen LogP contribution in [0.1, 0.15) is 33.4 Å². The Labute approximate surface area is 213 Å². The highest BCUT2D eigenvalue weighted by Crippen LogP contribution is 2.35. The van der Waals surface area contributed by atoms with Crippen molar-refractivity contribution in [1.29, 1.82) is 0 Å². The summed E-state index contributed by atoms with van der Waals surface area (Å²) in [5, 5.41) is 0. The first-order chi connectivity index (χ1) is 17.8. The molecule has 6 rings (SSSR count). The molecule has 0 amide bonds. The van der Waals surface area contributed by atoms with Crippen LogP contribution >= 0.6 is 0 Å². The Kier molecular flexibility index (Phi) is 6.04. The summed E-state index contributed by atoms with van der Waals surface area (Å²) in [4.78, 5) is 2.37. The zero-order valence-electron chi connectivity index (χ0n) is 20.1. The Balaban J connectivity index is 1.39. The van der Waals surface area contributed by atoms with Gasteiger partial charge in [-0.15, -0.1) is 0 Å². The summed E-state index contributed by atoms with van der Waals surface area (Å²) >= 11 is 0. The molecule has 5 aromatic carbocycles. The van der Waals surface area contributed by atoms with Crippen LogP contribution in [0.25, 0.3) is 23.8 Å². The normalized spacial score (nSPS) is 11.8. The van der Waals surface area contributed by atoms with Crippen LogP contribution in [-0.4, -0.2) is 0 Å². The van der Waals surface area contributed by atoms with Crippen molar-refractivity contribution in [1.82, 2.24) is 0 Å². The van der Waals surface area contributed by atoms with E-state index in [1.54, 1.807) is 0 Å². The molecular weight excluding hydrogens is 434 g/mol.